The number of nitriles is 1. The molecule has 0 aliphatic heterocycles. The molecule has 1 unspecified atom stereocenters. The zero-order valence-corrected chi connectivity index (χ0v) is 7.75. The van der Waals surface area contributed by atoms with E-state index in [0.29, 0.717) is 16.1 Å². The summed E-state index contributed by atoms with van der Waals surface area (Å²) >= 11 is 5.90. The van der Waals surface area contributed by atoms with Gasteiger partial charge in [0.25, 0.3) is 0 Å². The van der Waals surface area contributed by atoms with Gasteiger partial charge in [0.15, 0.2) is 0 Å². The largest absolute Gasteiger partial charge is 0.329 e. The average Bonchev–Trinajstić information content (AvgIpc) is 2.16. The molecule has 68 valence electrons. The van der Waals surface area contributed by atoms with Gasteiger partial charge in [0.1, 0.15) is 0 Å². The van der Waals surface area contributed by atoms with E-state index in [0.717, 1.165) is 0 Å². The van der Waals surface area contributed by atoms with Crippen LogP contribution in [-0.2, 0) is 0 Å². The maximum Gasteiger partial charge on any atom is 0.0995 e. The number of halogens is 1. The third-order valence-electron chi connectivity index (χ3n) is 1.80. The summed E-state index contributed by atoms with van der Waals surface area (Å²) in [4.78, 5) is 0. The zero-order chi connectivity index (χ0) is 9.84. The fraction of sp³-hybridized carbons (Fsp3) is 0.222. The van der Waals surface area contributed by atoms with Gasteiger partial charge in [-0.3, -0.25) is 0 Å². The van der Waals surface area contributed by atoms with Crippen molar-refractivity contribution in [1.82, 2.24) is 0 Å². The molecule has 1 atom stereocenters. The van der Waals surface area contributed by atoms with Crippen molar-refractivity contribution in [3.8, 4) is 6.07 Å². The van der Waals surface area contributed by atoms with E-state index in [1.165, 1.54) is 0 Å². The van der Waals surface area contributed by atoms with E-state index in [9.17, 15) is 0 Å². The topological polar surface area (TPSA) is 75.8 Å². The van der Waals surface area contributed by atoms with Crippen molar-refractivity contribution in [3.63, 3.8) is 0 Å². The standard InChI is InChI=1S/C9H10ClN3/c10-7-3-1-2-6(4-11)9(7)8(13)5-12/h1-3,8H,5,12-13H2. The predicted molar refractivity (Wildman–Crippen MR) is 52.1 cm³/mol. The molecule has 0 aromatic heterocycles. The first kappa shape index (κ1) is 10.0. The highest BCUT2D eigenvalue weighted by Crippen LogP contribution is 2.24. The Hall–Kier alpha value is -1.08. The molecule has 0 radical (unpaired) electrons. The Morgan fingerprint density at radius 1 is 1.54 bits per heavy atom. The van der Waals surface area contributed by atoms with Crippen LogP contribution in [0.4, 0.5) is 0 Å². The number of rotatable bonds is 2. The number of hydrogen-bond acceptors (Lipinski definition) is 3. The summed E-state index contributed by atoms with van der Waals surface area (Å²) in [6, 6.07) is 6.75. The molecule has 0 bridgehead atoms. The Kier molecular flexibility index (Phi) is 3.26. The van der Waals surface area contributed by atoms with E-state index < -0.39 is 0 Å². The molecule has 4 heteroatoms. The summed E-state index contributed by atoms with van der Waals surface area (Å²) in [5.41, 5.74) is 12.2. The van der Waals surface area contributed by atoms with Crippen LogP contribution in [0.25, 0.3) is 0 Å². The minimum atomic E-state index is -0.372. The van der Waals surface area contributed by atoms with Gasteiger partial charge in [-0.1, -0.05) is 17.7 Å². The Morgan fingerprint density at radius 3 is 2.77 bits per heavy atom. The molecule has 1 aromatic carbocycles. The Bertz CT molecular complexity index is 343. The maximum atomic E-state index is 8.78. The van der Waals surface area contributed by atoms with Gasteiger partial charge in [0, 0.05) is 23.2 Å². The number of benzene rings is 1. The number of nitrogens with zero attached hydrogens (tertiary/aromatic N) is 1. The van der Waals surface area contributed by atoms with Crippen molar-refractivity contribution in [1.29, 1.82) is 5.26 Å². The smallest absolute Gasteiger partial charge is 0.0995 e. The molecule has 0 saturated carbocycles. The second kappa shape index (κ2) is 4.24. The van der Waals surface area contributed by atoms with Gasteiger partial charge in [-0.25, -0.2) is 0 Å². The lowest BCUT2D eigenvalue weighted by molar-refractivity contribution is 0.735. The molecule has 4 N–H and O–H groups in total. The second-order valence-corrected chi connectivity index (χ2v) is 3.06. The zero-order valence-electron chi connectivity index (χ0n) is 7.00. The maximum absolute atomic E-state index is 8.78. The van der Waals surface area contributed by atoms with E-state index in [4.69, 9.17) is 28.3 Å². The van der Waals surface area contributed by atoms with E-state index in [2.05, 4.69) is 0 Å². The highest BCUT2D eigenvalue weighted by atomic mass is 35.5. The predicted octanol–water partition coefficient (Wildman–Crippen LogP) is 1.17. The van der Waals surface area contributed by atoms with Crippen molar-refractivity contribution in [2.24, 2.45) is 11.5 Å². The minimum Gasteiger partial charge on any atom is -0.329 e. The van der Waals surface area contributed by atoms with Gasteiger partial charge in [0.05, 0.1) is 11.6 Å². The molecule has 0 heterocycles. The normalized spacial score (nSPS) is 12.2. The average molecular weight is 196 g/mol. The van der Waals surface area contributed by atoms with Crippen LogP contribution in [-0.4, -0.2) is 6.54 Å². The van der Waals surface area contributed by atoms with Crippen molar-refractivity contribution in [2.45, 2.75) is 6.04 Å². The van der Waals surface area contributed by atoms with Gasteiger partial charge in [0.2, 0.25) is 0 Å². The van der Waals surface area contributed by atoms with E-state index >= 15 is 0 Å². The van der Waals surface area contributed by atoms with Crippen LogP contribution in [0, 0.1) is 11.3 Å². The quantitative estimate of drug-likeness (QED) is 0.744. The third-order valence-corrected chi connectivity index (χ3v) is 2.13. The first-order valence-corrected chi connectivity index (χ1v) is 4.22. The molecule has 0 aliphatic rings. The Morgan fingerprint density at radius 2 is 2.23 bits per heavy atom. The summed E-state index contributed by atoms with van der Waals surface area (Å²) in [6.07, 6.45) is 0. The molecule has 3 nitrogen and oxygen atoms in total. The van der Waals surface area contributed by atoms with Crippen LogP contribution >= 0.6 is 11.6 Å². The van der Waals surface area contributed by atoms with E-state index in [-0.39, 0.29) is 12.6 Å². The Labute approximate surface area is 81.9 Å². The molecule has 13 heavy (non-hydrogen) atoms. The van der Waals surface area contributed by atoms with Crippen LogP contribution in [0.2, 0.25) is 5.02 Å². The Balaban J connectivity index is 3.24. The SMILES string of the molecule is N#Cc1cccc(Cl)c1C(N)CN. The van der Waals surface area contributed by atoms with E-state index in [1.54, 1.807) is 18.2 Å². The second-order valence-electron chi connectivity index (χ2n) is 2.66. The van der Waals surface area contributed by atoms with Crippen LogP contribution in [0.1, 0.15) is 17.2 Å². The number of hydrogen-bond donors (Lipinski definition) is 2. The molecular weight excluding hydrogens is 186 g/mol. The summed E-state index contributed by atoms with van der Waals surface area (Å²) in [7, 11) is 0. The fourth-order valence-electron chi connectivity index (χ4n) is 1.13. The highest BCUT2D eigenvalue weighted by Gasteiger charge is 2.12. The molecule has 0 spiro atoms. The molecule has 0 fully saturated rings. The summed E-state index contributed by atoms with van der Waals surface area (Å²) in [5.74, 6) is 0. The highest BCUT2D eigenvalue weighted by molar-refractivity contribution is 6.31. The van der Waals surface area contributed by atoms with Crippen LogP contribution in [0.3, 0.4) is 0 Å². The molecule has 1 aromatic rings. The fourth-order valence-corrected chi connectivity index (χ4v) is 1.44. The number of nitrogens with two attached hydrogens (primary N) is 2. The van der Waals surface area contributed by atoms with Gasteiger partial charge in [-0.05, 0) is 12.1 Å². The molecular formula is C9H10ClN3. The summed E-state index contributed by atoms with van der Waals surface area (Å²) in [6.45, 7) is 0.276. The van der Waals surface area contributed by atoms with Crippen molar-refractivity contribution < 1.29 is 0 Å². The first-order valence-electron chi connectivity index (χ1n) is 3.85. The monoisotopic (exact) mass is 195 g/mol. The minimum absolute atomic E-state index is 0.276. The van der Waals surface area contributed by atoms with Crippen LogP contribution in [0.15, 0.2) is 18.2 Å². The lowest BCUT2D eigenvalue weighted by Crippen LogP contribution is -2.22. The molecule has 0 amide bonds. The first-order chi connectivity index (χ1) is 6.20. The summed E-state index contributed by atoms with van der Waals surface area (Å²) in [5, 5.41) is 9.28. The van der Waals surface area contributed by atoms with Crippen molar-refractivity contribution in [2.75, 3.05) is 6.54 Å². The van der Waals surface area contributed by atoms with Gasteiger partial charge < -0.3 is 11.5 Å². The summed E-state index contributed by atoms with van der Waals surface area (Å²) < 4.78 is 0. The third kappa shape index (κ3) is 1.99. The van der Waals surface area contributed by atoms with Gasteiger partial charge >= 0.3 is 0 Å². The van der Waals surface area contributed by atoms with Crippen molar-refractivity contribution >= 4 is 11.6 Å². The lowest BCUT2D eigenvalue weighted by atomic mass is 10.0. The van der Waals surface area contributed by atoms with E-state index in [1.807, 2.05) is 6.07 Å². The van der Waals surface area contributed by atoms with Crippen LogP contribution < -0.4 is 11.5 Å². The lowest BCUT2D eigenvalue weighted by Gasteiger charge is -2.12. The molecule has 0 aliphatic carbocycles. The van der Waals surface area contributed by atoms with Crippen molar-refractivity contribution in [3.05, 3.63) is 34.3 Å². The molecule has 1 rings (SSSR count). The molecule has 0 saturated heterocycles. The van der Waals surface area contributed by atoms with Gasteiger partial charge in [-0.2, -0.15) is 5.26 Å². The van der Waals surface area contributed by atoms with Gasteiger partial charge in [-0.15, -0.1) is 0 Å². The van der Waals surface area contributed by atoms with Crippen LogP contribution in [0.5, 0.6) is 0 Å².